The smallest absolute Gasteiger partial charge is 0.0468 e. The lowest BCUT2D eigenvalue weighted by molar-refractivity contribution is 0.0629. The van der Waals surface area contributed by atoms with Crippen LogP contribution in [0.5, 0.6) is 0 Å². The van der Waals surface area contributed by atoms with Gasteiger partial charge in [0, 0.05) is 19.3 Å². The lowest BCUT2D eigenvalue weighted by atomic mass is 9.92. The number of hydrogen-bond donors (Lipinski definition) is 1. The van der Waals surface area contributed by atoms with E-state index in [9.17, 15) is 0 Å². The van der Waals surface area contributed by atoms with Crippen LogP contribution in [0.15, 0.2) is 0 Å². The molecule has 1 heterocycles. The summed E-state index contributed by atoms with van der Waals surface area (Å²) in [7, 11) is 0. The minimum absolute atomic E-state index is 0.509. The SMILES string of the molecule is NC(CCCC1CCOCC1)C1CC1. The van der Waals surface area contributed by atoms with Crippen LogP contribution in [0.25, 0.3) is 0 Å². The van der Waals surface area contributed by atoms with Gasteiger partial charge in [0.2, 0.25) is 0 Å². The molecule has 0 radical (unpaired) electrons. The van der Waals surface area contributed by atoms with E-state index < -0.39 is 0 Å². The van der Waals surface area contributed by atoms with Gasteiger partial charge < -0.3 is 10.5 Å². The van der Waals surface area contributed by atoms with Crippen molar-refractivity contribution in [2.45, 2.75) is 51.0 Å². The molecule has 2 rings (SSSR count). The largest absolute Gasteiger partial charge is 0.381 e. The van der Waals surface area contributed by atoms with E-state index in [0.717, 1.165) is 25.0 Å². The van der Waals surface area contributed by atoms with Crippen molar-refractivity contribution >= 4 is 0 Å². The number of rotatable bonds is 5. The van der Waals surface area contributed by atoms with Crippen LogP contribution in [0.3, 0.4) is 0 Å². The standard InChI is InChI=1S/C12H23NO/c13-12(11-4-5-11)3-1-2-10-6-8-14-9-7-10/h10-12H,1-9,13H2. The highest BCUT2D eigenvalue weighted by Crippen LogP contribution is 2.34. The van der Waals surface area contributed by atoms with Gasteiger partial charge in [0.25, 0.3) is 0 Å². The van der Waals surface area contributed by atoms with E-state index in [0.29, 0.717) is 6.04 Å². The van der Waals surface area contributed by atoms with E-state index in [-0.39, 0.29) is 0 Å². The van der Waals surface area contributed by atoms with Gasteiger partial charge in [-0.3, -0.25) is 0 Å². The Bertz CT molecular complexity index is 162. The third-order valence-electron chi connectivity index (χ3n) is 3.72. The molecule has 1 unspecified atom stereocenters. The van der Waals surface area contributed by atoms with Crippen molar-refractivity contribution in [2.24, 2.45) is 17.6 Å². The van der Waals surface area contributed by atoms with Crippen LogP contribution in [0.2, 0.25) is 0 Å². The quantitative estimate of drug-likeness (QED) is 0.734. The summed E-state index contributed by atoms with van der Waals surface area (Å²) in [4.78, 5) is 0. The van der Waals surface area contributed by atoms with E-state index in [1.165, 1.54) is 44.9 Å². The fraction of sp³-hybridized carbons (Fsp3) is 1.00. The van der Waals surface area contributed by atoms with Crippen molar-refractivity contribution in [3.05, 3.63) is 0 Å². The van der Waals surface area contributed by atoms with E-state index in [1.54, 1.807) is 0 Å². The molecule has 1 aliphatic carbocycles. The molecule has 0 bridgehead atoms. The van der Waals surface area contributed by atoms with Crippen molar-refractivity contribution < 1.29 is 4.74 Å². The van der Waals surface area contributed by atoms with Crippen LogP contribution < -0.4 is 5.73 Å². The molecule has 2 N–H and O–H groups in total. The second kappa shape index (κ2) is 5.13. The highest BCUT2D eigenvalue weighted by Gasteiger charge is 2.28. The average Bonchev–Trinajstić information content (AvgIpc) is 3.02. The van der Waals surface area contributed by atoms with E-state index in [1.807, 2.05) is 0 Å². The molecular weight excluding hydrogens is 174 g/mol. The van der Waals surface area contributed by atoms with Gasteiger partial charge in [-0.2, -0.15) is 0 Å². The van der Waals surface area contributed by atoms with Crippen molar-refractivity contribution in [3.63, 3.8) is 0 Å². The second-order valence-corrected chi connectivity index (χ2v) is 4.99. The number of hydrogen-bond acceptors (Lipinski definition) is 2. The van der Waals surface area contributed by atoms with Gasteiger partial charge in [-0.05, 0) is 43.9 Å². The molecule has 0 aromatic heterocycles. The van der Waals surface area contributed by atoms with Gasteiger partial charge in [-0.15, -0.1) is 0 Å². The molecule has 2 fully saturated rings. The molecule has 1 atom stereocenters. The molecule has 2 aliphatic rings. The van der Waals surface area contributed by atoms with Gasteiger partial charge in [0.05, 0.1) is 0 Å². The summed E-state index contributed by atoms with van der Waals surface area (Å²) in [5, 5.41) is 0. The molecule has 1 saturated heterocycles. The summed E-state index contributed by atoms with van der Waals surface area (Å²) in [5.74, 6) is 1.81. The maximum atomic E-state index is 6.07. The highest BCUT2D eigenvalue weighted by molar-refractivity contribution is 4.83. The minimum atomic E-state index is 0.509. The summed E-state index contributed by atoms with van der Waals surface area (Å²) >= 11 is 0. The number of ether oxygens (including phenoxy) is 1. The second-order valence-electron chi connectivity index (χ2n) is 4.99. The van der Waals surface area contributed by atoms with Crippen LogP contribution in [-0.2, 0) is 4.74 Å². The topological polar surface area (TPSA) is 35.2 Å². The molecule has 82 valence electrons. The van der Waals surface area contributed by atoms with Crippen molar-refractivity contribution in [1.82, 2.24) is 0 Å². The van der Waals surface area contributed by atoms with Gasteiger partial charge in [-0.25, -0.2) is 0 Å². The van der Waals surface area contributed by atoms with Crippen molar-refractivity contribution in [1.29, 1.82) is 0 Å². The summed E-state index contributed by atoms with van der Waals surface area (Å²) in [5.41, 5.74) is 6.07. The molecule has 1 saturated carbocycles. The predicted octanol–water partition coefficient (Wildman–Crippen LogP) is 2.32. The number of nitrogens with two attached hydrogens (primary N) is 1. The first-order chi connectivity index (χ1) is 6.86. The Morgan fingerprint density at radius 2 is 1.86 bits per heavy atom. The Labute approximate surface area is 87.2 Å². The summed E-state index contributed by atoms with van der Waals surface area (Å²) in [6.07, 6.45) is 9.29. The molecule has 0 aromatic rings. The van der Waals surface area contributed by atoms with E-state index >= 15 is 0 Å². The summed E-state index contributed by atoms with van der Waals surface area (Å²) < 4.78 is 5.35. The van der Waals surface area contributed by atoms with Crippen LogP contribution >= 0.6 is 0 Å². The summed E-state index contributed by atoms with van der Waals surface area (Å²) in [6, 6.07) is 0.509. The van der Waals surface area contributed by atoms with Crippen LogP contribution in [0, 0.1) is 11.8 Å². The van der Waals surface area contributed by atoms with Crippen LogP contribution in [0.1, 0.15) is 44.9 Å². The predicted molar refractivity (Wildman–Crippen MR) is 58.1 cm³/mol. The zero-order chi connectivity index (χ0) is 9.80. The lowest BCUT2D eigenvalue weighted by Gasteiger charge is -2.22. The molecule has 0 aromatic carbocycles. The monoisotopic (exact) mass is 197 g/mol. The first kappa shape index (κ1) is 10.4. The Balaban J connectivity index is 1.52. The van der Waals surface area contributed by atoms with Gasteiger partial charge in [0.1, 0.15) is 0 Å². The maximum Gasteiger partial charge on any atom is 0.0468 e. The zero-order valence-corrected chi connectivity index (χ0v) is 9.08. The van der Waals surface area contributed by atoms with E-state index in [2.05, 4.69) is 0 Å². The van der Waals surface area contributed by atoms with Gasteiger partial charge >= 0.3 is 0 Å². The molecule has 14 heavy (non-hydrogen) atoms. The molecule has 0 amide bonds. The molecule has 2 heteroatoms. The van der Waals surface area contributed by atoms with Crippen molar-refractivity contribution in [2.75, 3.05) is 13.2 Å². The Hall–Kier alpha value is -0.0800. The lowest BCUT2D eigenvalue weighted by Crippen LogP contribution is -2.23. The summed E-state index contributed by atoms with van der Waals surface area (Å²) in [6.45, 7) is 1.97. The fourth-order valence-electron chi connectivity index (χ4n) is 2.44. The first-order valence-corrected chi connectivity index (χ1v) is 6.19. The maximum absolute atomic E-state index is 6.07. The van der Waals surface area contributed by atoms with E-state index in [4.69, 9.17) is 10.5 Å². The van der Waals surface area contributed by atoms with Gasteiger partial charge in [0.15, 0.2) is 0 Å². The molecule has 2 nitrogen and oxygen atoms in total. The first-order valence-electron chi connectivity index (χ1n) is 6.19. The minimum Gasteiger partial charge on any atom is -0.381 e. The third-order valence-corrected chi connectivity index (χ3v) is 3.72. The van der Waals surface area contributed by atoms with Gasteiger partial charge in [-0.1, -0.05) is 12.8 Å². The zero-order valence-electron chi connectivity index (χ0n) is 9.08. The Morgan fingerprint density at radius 1 is 1.14 bits per heavy atom. The van der Waals surface area contributed by atoms with Crippen LogP contribution in [0.4, 0.5) is 0 Å². The molecular formula is C12H23NO. The third kappa shape index (κ3) is 3.25. The molecule has 1 aliphatic heterocycles. The highest BCUT2D eigenvalue weighted by atomic mass is 16.5. The molecule has 0 spiro atoms. The van der Waals surface area contributed by atoms with Crippen LogP contribution in [-0.4, -0.2) is 19.3 Å². The fourth-order valence-corrected chi connectivity index (χ4v) is 2.44. The average molecular weight is 197 g/mol. The normalized spacial score (nSPS) is 26.4. The Kier molecular flexibility index (Phi) is 3.82. The van der Waals surface area contributed by atoms with Crippen molar-refractivity contribution in [3.8, 4) is 0 Å². The Morgan fingerprint density at radius 3 is 2.50 bits per heavy atom.